The highest BCUT2D eigenvalue weighted by Crippen LogP contribution is 2.11. The van der Waals surface area contributed by atoms with Gasteiger partial charge in [0.15, 0.2) is 0 Å². The molecule has 0 atom stereocenters. The molecule has 0 saturated carbocycles. The predicted molar refractivity (Wildman–Crippen MR) is 109 cm³/mol. The molecule has 0 aliphatic heterocycles. The zero-order valence-corrected chi connectivity index (χ0v) is 15.7. The van der Waals surface area contributed by atoms with E-state index in [0.717, 1.165) is 16.8 Å². The van der Waals surface area contributed by atoms with E-state index in [4.69, 9.17) is 4.74 Å². The van der Waals surface area contributed by atoms with Crippen LogP contribution in [0.2, 0.25) is 0 Å². The van der Waals surface area contributed by atoms with E-state index in [1.807, 2.05) is 77.6 Å². The summed E-state index contributed by atoms with van der Waals surface area (Å²) in [6.07, 6.45) is 7.02. The molecule has 3 rings (SSSR count). The molecule has 0 bridgehead atoms. The van der Waals surface area contributed by atoms with Crippen LogP contribution in [0, 0.1) is 0 Å². The molecule has 5 nitrogen and oxygen atoms in total. The third kappa shape index (κ3) is 5.20. The summed E-state index contributed by atoms with van der Waals surface area (Å²) in [5, 5.41) is 2.92. The fourth-order valence-electron chi connectivity index (χ4n) is 2.68. The number of rotatable bonds is 7. The average molecular weight is 374 g/mol. The first-order valence-electron chi connectivity index (χ1n) is 9.11. The van der Waals surface area contributed by atoms with Crippen LogP contribution in [0.5, 0.6) is 0 Å². The minimum absolute atomic E-state index is 0.120. The van der Waals surface area contributed by atoms with E-state index >= 15 is 0 Å². The number of hydrogen-bond donors (Lipinski definition) is 1. The number of esters is 1. The van der Waals surface area contributed by atoms with Gasteiger partial charge in [0.25, 0.3) is 5.91 Å². The highest BCUT2D eigenvalue weighted by atomic mass is 16.5. The van der Waals surface area contributed by atoms with Gasteiger partial charge in [0.1, 0.15) is 0 Å². The number of carbonyl (C=O) groups is 2. The lowest BCUT2D eigenvalue weighted by Gasteiger charge is -2.07. The first-order valence-corrected chi connectivity index (χ1v) is 9.11. The molecular weight excluding hydrogens is 352 g/mol. The zero-order valence-electron chi connectivity index (χ0n) is 15.7. The Balaban J connectivity index is 1.53. The fourth-order valence-corrected chi connectivity index (χ4v) is 2.68. The Morgan fingerprint density at radius 2 is 1.68 bits per heavy atom. The molecule has 1 N–H and O–H groups in total. The van der Waals surface area contributed by atoms with E-state index in [1.165, 1.54) is 6.08 Å². The van der Waals surface area contributed by atoms with Crippen molar-refractivity contribution in [1.29, 1.82) is 0 Å². The maximum Gasteiger partial charge on any atom is 0.330 e. The average Bonchev–Trinajstić information content (AvgIpc) is 3.26. The molecule has 1 amide bonds. The van der Waals surface area contributed by atoms with E-state index in [-0.39, 0.29) is 11.9 Å². The Hall–Kier alpha value is -3.60. The number of hydrogen-bond acceptors (Lipinski definition) is 3. The summed E-state index contributed by atoms with van der Waals surface area (Å²) in [6, 6.07) is 19.0. The minimum atomic E-state index is -0.360. The Morgan fingerprint density at radius 1 is 1.00 bits per heavy atom. The van der Waals surface area contributed by atoms with E-state index in [1.54, 1.807) is 13.0 Å². The molecule has 0 saturated heterocycles. The van der Waals surface area contributed by atoms with Crippen molar-refractivity contribution in [3.63, 3.8) is 0 Å². The van der Waals surface area contributed by atoms with E-state index in [2.05, 4.69) is 5.32 Å². The van der Waals surface area contributed by atoms with Crippen molar-refractivity contribution in [3.05, 3.63) is 95.8 Å². The monoisotopic (exact) mass is 374 g/mol. The number of nitrogens with one attached hydrogen (secondary N) is 1. The molecule has 28 heavy (non-hydrogen) atoms. The molecule has 0 spiro atoms. The zero-order chi connectivity index (χ0) is 19.8. The normalized spacial score (nSPS) is 10.8. The quantitative estimate of drug-likeness (QED) is 0.503. The van der Waals surface area contributed by atoms with Gasteiger partial charge in [-0.15, -0.1) is 0 Å². The fraction of sp³-hybridized carbons (Fsp3) is 0.130. The first-order chi connectivity index (χ1) is 13.7. The number of aromatic nitrogens is 1. The molecule has 3 aromatic rings. The van der Waals surface area contributed by atoms with Crippen LogP contribution in [-0.2, 0) is 16.1 Å². The molecule has 0 aliphatic carbocycles. The molecule has 5 heteroatoms. The lowest BCUT2D eigenvalue weighted by Crippen LogP contribution is -2.22. The van der Waals surface area contributed by atoms with Gasteiger partial charge < -0.3 is 14.6 Å². The molecule has 0 aliphatic rings. The summed E-state index contributed by atoms with van der Waals surface area (Å²) in [4.78, 5) is 23.7. The second-order valence-corrected chi connectivity index (χ2v) is 6.15. The van der Waals surface area contributed by atoms with Crippen LogP contribution >= 0.6 is 0 Å². The van der Waals surface area contributed by atoms with Gasteiger partial charge in [0.2, 0.25) is 0 Å². The van der Waals surface area contributed by atoms with Crippen molar-refractivity contribution < 1.29 is 14.3 Å². The largest absolute Gasteiger partial charge is 0.463 e. The van der Waals surface area contributed by atoms with Crippen LogP contribution in [-0.4, -0.2) is 23.1 Å². The number of amides is 1. The Bertz CT molecular complexity index is 941. The van der Waals surface area contributed by atoms with Crippen LogP contribution in [0.3, 0.4) is 0 Å². The number of benzene rings is 2. The summed E-state index contributed by atoms with van der Waals surface area (Å²) in [5.74, 6) is -0.480. The Kier molecular flexibility index (Phi) is 6.41. The number of nitrogens with zero attached hydrogens (tertiary/aromatic N) is 1. The van der Waals surface area contributed by atoms with Crippen molar-refractivity contribution >= 4 is 18.0 Å². The molecule has 0 fully saturated rings. The van der Waals surface area contributed by atoms with Crippen LogP contribution < -0.4 is 5.32 Å². The standard InChI is InChI=1S/C23H22N2O3/c1-2-28-22(26)14-9-18-5-7-19(8-6-18)17-24-23(27)20-10-12-21(13-11-20)25-15-3-4-16-25/h3-16H,2,17H2,1H3,(H,24,27)/b14-9+. The first kappa shape index (κ1) is 19.2. The summed E-state index contributed by atoms with van der Waals surface area (Å²) < 4.78 is 6.83. The molecule has 1 aromatic heterocycles. The van der Waals surface area contributed by atoms with Crippen molar-refractivity contribution in [2.75, 3.05) is 6.61 Å². The van der Waals surface area contributed by atoms with Gasteiger partial charge in [-0.3, -0.25) is 4.79 Å². The summed E-state index contributed by atoms with van der Waals surface area (Å²) in [7, 11) is 0. The van der Waals surface area contributed by atoms with Gasteiger partial charge >= 0.3 is 5.97 Å². The summed E-state index contributed by atoms with van der Waals surface area (Å²) in [6.45, 7) is 2.56. The highest BCUT2D eigenvalue weighted by Gasteiger charge is 2.05. The van der Waals surface area contributed by atoms with E-state index in [0.29, 0.717) is 18.7 Å². The third-order valence-electron chi connectivity index (χ3n) is 4.16. The van der Waals surface area contributed by atoms with Gasteiger partial charge in [-0.2, -0.15) is 0 Å². The van der Waals surface area contributed by atoms with Crippen LogP contribution in [0.4, 0.5) is 0 Å². The van der Waals surface area contributed by atoms with Gasteiger partial charge in [-0.05, 0) is 60.5 Å². The SMILES string of the molecule is CCOC(=O)/C=C/c1ccc(CNC(=O)c2ccc(-n3cccc3)cc2)cc1. The number of ether oxygens (including phenoxy) is 1. The van der Waals surface area contributed by atoms with Crippen LogP contribution in [0.25, 0.3) is 11.8 Å². The van der Waals surface area contributed by atoms with Gasteiger partial charge in [0, 0.05) is 36.3 Å². The van der Waals surface area contributed by atoms with Crippen molar-refractivity contribution in [2.24, 2.45) is 0 Å². The van der Waals surface area contributed by atoms with E-state index < -0.39 is 0 Å². The van der Waals surface area contributed by atoms with Gasteiger partial charge in [0.05, 0.1) is 6.61 Å². The molecule has 142 valence electrons. The molecule has 0 radical (unpaired) electrons. The Labute approximate surface area is 164 Å². The lowest BCUT2D eigenvalue weighted by molar-refractivity contribution is -0.137. The lowest BCUT2D eigenvalue weighted by atomic mass is 10.1. The number of carbonyl (C=O) groups excluding carboxylic acids is 2. The van der Waals surface area contributed by atoms with Crippen molar-refractivity contribution in [2.45, 2.75) is 13.5 Å². The highest BCUT2D eigenvalue weighted by molar-refractivity contribution is 5.94. The predicted octanol–water partition coefficient (Wildman–Crippen LogP) is 3.98. The topological polar surface area (TPSA) is 60.3 Å². The van der Waals surface area contributed by atoms with Crippen molar-refractivity contribution in [1.82, 2.24) is 9.88 Å². The maximum atomic E-state index is 12.3. The minimum Gasteiger partial charge on any atom is -0.463 e. The van der Waals surface area contributed by atoms with Crippen LogP contribution in [0.1, 0.15) is 28.4 Å². The van der Waals surface area contributed by atoms with Gasteiger partial charge in [-0.1, -0.05) is 24.3 Å². The van der Waals surface area contributed by atoms with Gasteiger partial charge in [-0.25, -0.2) is 4.79 Å². The van der Waals surface area contributed by atoms with E-state index in [9.17, 15) is 9.59 Å². The molecule has 0 unspecified atom stereocenters. The summed E-state index contributed by atoms with van der Waals surface area (Å²) >= 11 is 0. The summed E-state index contributed by atoms with van der Waals surface area (Å²) in [5.41, 5.74) is 3.49. The second-order valence-electron chi connectivity index (χ2n) is 6.15. The van der Waals surface area contributed by atoms with Crippen molar-refractivity contribution in [3.8, 4) is 5.69 Å². The smallest absolute Gasteiger partial charge is 0.330 e. The third-order valence-corrected chi connectivity index (χ3v) is 4.16. The van der Waals surface area contributed by atoms with Crippen LogP contribution in [0.15, 0.2) is 79.1 Å². The maximum absolute atomic E-state index is 12.3. The molecular formula is C23H22N2O3. The molecule has 1 heterocycles. The second kappa shape index (κ2) is 9.37. The molecule has 2 aromatic carbocycles. The Morgan fingerprint density at radius 3 is 2.32 bits per heavy atom.